The van der Waals surface area contributed by atoms with E-state index in [4.69, 9.17) is 8.83 Å². The highest BCUT2D eigenvalue weighted by Crippen LogP contribution is 2.29. The number of rotatable bonds is 2. The molecule has 0 spiro atoms. The van der Waals surface area contributed by atoms with E-state index in [2.05, 4.69) is 10.2 Å². The van der Waals surface area contributed by atoms with Gasteiger partial charge in [0, 0.05) is 22.9 Å². The predicted molar refractivity (Wildman–Crippen MR) is 76.6 cm³/mol. The van der Waals surface area contributed by atoms with Crippen LogP contribution in [0, 0.1) is 0 Å². The molecule has 2 aromatic carbocycles. The monoisotopic (exact) mass is 262 g/mol. The zero-order valence-corrected chi connectivity index (χ0v) is 10.5. The van der Waals surface area contributed by atoms with Gasteiger partial charge < -0.3 is 8.83 Å². The molecule has 2 heterocycles. The smallest absolute Gasteiger partial charge is 0.239 e. The second-order valence-corrected chi connectivity index (χ2v) is 4.44. The molecule has 0 aliphatic carbocycles. The van der Waals surface area contributed by atoms with Crippen LogP contribution in [0.5, 0.6) is 0 Å². The van der Waals surface area contributed by atoms with Crippen molar-refractivity contribution in [3.8, 4) is 0 Å². The number of furan rings is 2. The van der Waals surface area contributed by atoms with Crippen molar-refractivity contribution < 1.29 is 8.83 Å². The number of azo groups is 1. The highest BCUT2D eigenvalue weighted by Gasteiger charge is 2.03. The van der Waals surface area contributed by atoms with Crippen molar-refractivity contribution in [2.24, 2.45) is 10.2 Å². The molecule has 0 saturated carbocycles. The van der Waals surface area contributed by atoms with Crippen LogP contribution in [0.2, 0.25) is 0 Å². The summed E-state index contributed by atoms with van der Waals surface area (Å²) < 4.78 is 11.1. The lowest BCUT2D eigenvalue weighted by Crippen LogP contribution is -1.57. The van der Waals surface area contributed by atoms with Crippen LogP contribution in [0.4, 0.5) is 11.8 Å². The molecule has 0 radical (unpaired) electrons. The summed E-state index contributed by atoms with van der Waals surface area (Å²) in [6.45, 7) is 0. The first-order chi connectivity index (χ1) is 9.88. The summed E-state index contributed by atoms with van der Waals surface area (Å²) in [4.78, 5) is 0. The minimum atomic E-state index is 0.464. The number of nitrogens with zero attached hydrogens (tertiary/aromatic N) is 2. The third-order valence-corrected chi connectivity index (χ3v) is 3.07. The molecule has 4 rings (SSSR count). The van der Waals surface area contributed by atoms with Crippen LogP contribution in [-0.2, 0) is 0 Å². The molecule has 96 valence electrons. The molecule has 0 amide bonds. The van der Waals surface area contributed by atoms with Gasteiger partial charge >= 0.3 is 0 Å². The van der Waals surface area contributed by atoms with Crippen molar-refractivity contribution in [1.29, 1.82) is 0 Å². The van der Waals surface area contributed by atoms with Gasteiger partial charge in [0.05, 0.1) is 0 Å². The minimum absolute atomic E-state index is 0.464. The fourth-order valence-corrected chi connectivity index (χ4v) is 2.13. The number of benzene rings is 2. The maximum absolute atomic E-state index is 5.56. The molecule has 0 N–H and O–H groups in total. The van der Waals surface area contributed by atoms with Crippen molar-refractivity contribution >= 4 is 33.7 Å². The van der Waals surface area contributed by atoms with E-state index in [1.165, 1.54) is 0 Å². The average molecular weight is 262 g/mol. The van der Waals surface area contributed by atoms with Gasteiger partial charge in [-0.05, 0) is 12.1 Å². The largest absolute Gasteiger partial charge is 0.437 e. The van der Waals surface area contributed by atoms with E-state index in [0.29, 0.717) is 11.8 Å². The quantitative estimate of drug-likeness (QED) is 0.442. The zero-order valence-electron chi connectivity index (χ0n) is 10.5. The molecule has 0 fully saturated rings. The molecule has 0 aliphatic rings. The normalized spacial score (nSPS) is 11.8. The Morgan fingerprint density at radius 3 is 1.50 bits per heavy atom. The lowest BCUT2D eigenvalue weighted by molar-refractivity contribution is 0.599. The van der Waals surface area contributed by atoms with Gasteiger partial charge in [-0.2, -0.15) is 0 Å². The maximum Gasteiger partial charge on any atom is 0.239 e. The Morgan fingerprint density at radius 2 is 1.05 bits per heavy atom. The molecule has 0 atom stereocenters. The third kappa shape index (κ3) is 1.87. The summed E-state index contributed by atoms with van der Waals surface area (Å²) in [5.41, 5.74) is 1.59. The van der Waals surface area contributed by atoms with E-state index in [1.54, 1.807) is 0 Å². The Bertz CT molecular complexity index is 776. The van der Waals surface area contributed by atoms with Crippen LogP contribution in [0.15, 0.2) is 79.7 Å². The van der Waals surface area contributed by atoms with E-state index in [9.17, 15) is 0 Å². The van der Waals surface area contributed by atoms with Gasteiger partial charge in [0.25, 0.3) is 0 Å². The second-order valence-electron chi connectivity index (χ2n) is 4.44. The Hall–Kier alpha value is -2.88. The van der Waals surface area contributed by atoms with Gasteiger partial charge in [-0.15, -0.1) is 10.2 Å². The van der Waals surface area contributed by atoms with E-state index in [-0.39, 0.29) is 0 Å². The topological polar surface area (TPSA) is 51.0 Å². The summed E-state index contributed by atoms with van der Waals surface area (Å²) in [7, 11) is 0. The average Bonchev–Trinajstić information content (AvgIpc) is 3.07. The molecule has 4 nitrogen and oxygen atoms in total. The predicted octanol–water partition coefficient (Wildman–Crippen LogP) is 5.59. The molecule has 0 saturated heterocycles. The molecular formula is C16H10N2O2. The number of fused-ring (bicyclic) bond motifs is 2. The molecular weight excluding hydrogens is 252 g/mol. The molecule has 20 heavy (non-hydrogen) atoms. The summed E-state index contributed by atoms with van der Waals surface area (Å²) in [5, 5.41) is 10.2. The fourth-order valence-electron chi connectivity index (χ4n) is 2.13. The molecule has 4 heteroatoms. The first kappa shape index (κ1) is 11.0. The Morgan fingerprint density at radius 1 is 0.600 bits per heavy atom. The number of hydrogen-bond donors (Lipinski definition) is 0. The van der Waals surface area contributed by atoms with E-state index in [1.807, 2.05) is 60.7 Å². The lowest BCUT2D eigenvalue weighted by Gasteiger charge is -1.84. The van der Waals surface area contributed by atoms with Crippen LogP contribution in [0.25, 0.3) is 21.9 Å². The molecule has 0 aliphatic heterocycles. The highest BCUT2D eigenvalue weighted by atomic mass is 16.4. The van der Waals surface area contributed by atoms with Gasteiger partial charge in [0.1, 0.15) is 11.2 Å². The van der Waals surface area contributed by atoms with E-state index >= 15 is 0 Å². The molecule has 4 aromatic rings. The first-order valence-corrected chi connectivity index (χ1v) is 6.27. The third-order valence-electron chi connectivity index (χ3n) is 3.07. The molecule has 0 unspecified atom stereocenters. The lowest BCUT2D eigenvalue weighted by atomic mass is 10.3. The van der Waals surface area contributed by atoms with Gasteiger partial charge in [-0.3, -0.25) is 0 Å². The standard InChI is InChI=1S/C16H10N2O2/c1-3-7-13-11(5-1)9-15(19-13)17-18-16-10-12-6-2-4-8-14(12)20-16/h1-10H/b18-17+. The van der Waals surface area contributed by atoms with Crippen LogP contribution < -0.4 is 0 Å². The van der Waals surface area contributed by atoms with Crippen molar-refractivity contribution in [3.63, 3.8) is 0 Å². The SMILES string of the molecule is c1ccc2oc(/N=N/c3cc4ccccc4o3)cc2c1. The Labute approximate surface area is 114 Å². The Kier molecular flexibility index (Phi) is 2.39. The fraction of sp³-hybridized carbons (Fsp3) is 0. The van der Waals surface area contributed by atoms with Gasteiger partial charge in [0.2, 0.25) is 11.8 Å². The van der Waals surface area contributed by atoms with Gasteiger partial charge in [0.15, 0.2) is 0 Å². The number of hydrogen-bond acceptors (Lipinski definition) is 4. The van der Waals surface area contributed by atoms with Crippen molar-refractivity contribution in [1.82, 2.24) is 0 Å². The zero-order chi connectivity index (χ0) is 13.4. The van der Waals surface area contributed by atoms with Gasteiger partial charge in [-0.25, -0.2) is 0 Å². The van der Waals surface area contributed by atoms with Crippen molar-refractivity contribution in [2.75, 3.05) is 0 Å². The molecule has 2 aromatic heterocycles. The highest BCUT2D eigenvalue weighted by molar-refractivity contribution is 5.81. The summed E-state index contributed by atoms with van der Waals surface area (Å²) in [6, 6.07) is 19.2. The summed E-state index contributed by atoms with van der Waals surface area (Å²) in [6.07, 6.45) is 0. The second kappa shape index (κ2) is 4.35. The van der Waals surface area contributed by atoms with Crippen LogP contribution >= 0.6 is 0 Å². The van der Waals surface area contributed by atoms with Crippen LogP contribution in [-0.4, -0.2) is 0 Å². The number of para-hydroxylation sites is 2. The minimum Gasteiger partial charge on any atom is -0.437 e. The van der Waals surface area contributed by atoms with Gasteiger partial charge in [-0.1, -0.05) is 36.4 Å². The molecule has 0 bridgehead atoms. The van der Waals surface area contributed by atoms with E-state index < -0.39 is 0 Å². The van der Waals surface area contributed by atoms with E-state index in [0.717, 1.165) is 21.9 Å². The summed E-state index contributed by atoms with van der Waals surface area (Å²) in [5.74, 6) is 0.929. The maximum atomic E-state index is 5.56. The van der Waals surface area contributed by atoms with Crippen molar-refractivity contribution in [2.45, 2.75) is 0 Å². The van der Waals surface area contributed by atoms with Crippen LogP contribution in [0.1, 0.15) is 0 Å². The van der Waals surface area contributed by atoms with Crippen LogP contribution in [0.3, 0.4) is 0 Å². The first-order valence-electron chi connectivity index (χ1n) is 6.27. The van der Waals surface area contributed by atoms with Crippen molar-refractivity contribution in [3.05, 3.63) is 60.7 Å². The summed E-state index contributed by atoms with van der Waals surface area (Å²) >= 11 is 0. The Balaban J connectivity index is 1.70.